The summed E-state index contributed by atoms with van der Waals surface area (Å²) in [5.41, 5.74) is 4.33. The number of carbonyl (C=O) groups is 1. The van der Waals surface area contributed by atoms with Crippen molar-refractivity contribution in [2.24, 2.45) is 9.36 Å². The van der Waals surface area contributed by atoms with Crippen LogP contribution < -0.4 is 0 Å². The van der Waals surface area contributed by atoms with Gasteiger partial charge in [-0.15, -0.1) is 11.3 Å². The number of amides is 1. The van der Waals surface area contributed by atoms with Crippen LogP contribution in [0.2, 0.25) is 0 Å². The van der Waals surface area contributed by atoms with Crippen LogP contribution in [0.1, 0.15) is 12.5 Å². The van der Waals surface area contributed by atoms with Crippen LogP contribution in [-0.4, -0.2) is 36.0 Å². The number of aromatic hydroxyl groups is 1. The lowest BCUT2D eigenvalue weighted by Crippen LogP contribution is -2.01. The highest BCUT2D eigenvalue weighted by atomic mass is 32.2. The van der Waals surface area contributed by atoms with Gasteiger partial charge < -0.3 is 14.6 Å². The Morgan fingerprint density at radius 1 is 1.29 bits per heavy atom. The number of H-pyrrole nitrogens is 1. The van der Waals surface area contributed by atoms with Crippen LogP contribution in [0.4, 0.5) is 5.69 Å². The summed E-state index contributed by atoms with van der Waals surface area (Å²) >= 11 is 1.47. The number of aromatic nitrogens is 2. The predicted octanol–water partition coefficient (Wildman–Crippen LogP) is 3.74. The molecule has 0 aliphatic rings. The Bertz CT molecular complexity index is 1360. The van der Waals surface area contributed by atoms with Gasteiger partial charge in [-0.1, -0.05) is 0 Å². The van der Waals surface area contributed by atoms with E-state index >= 15 is 0 Å². The highest BCUT2D eigenvalue weighted by Crippen LogP contribution is 2.34. The van der Waals surface area contributed by atoms with Crippen molar-refractivity contribution in [2.45, 2.75) is 11.8 Å². The molecule has 0 fully saturated rings. The van der Waals surface area contributed by atoms with Crippen LogP contribution in [0.3, 0.4) is 0 Å². The Morgan fingerprint density at radius 2 is 2.04 bits per heavy atom. The monoisotopic (exact) mass is 413 g/mol. The standard InChI is InChI=1S/C18H14N4O4S2/c1-10(23)22-28(25,26)12-4-2-11(3-5-12)19-8-13-16-14(21-18(13)24)6-7-15-17(16)27-9-20-15/h2-9,21,24H,1H3,(H,22,23,25,26)/p-1. The molecule has 1 unspecified atom stereocenters. The minimum atomic E-state index is -4.01. The van der Waals surface area contributed by atoms with E-state index < -0.39 is 15.9 Å². The third kappa shape index (κ3) is 3.28. The average molecular weight is 413 g/mol. The van der Waals surface area contributed by atoms with Crippen LogP contribution in [0.25, 0.3) is 21.1 Å². The zero-order chi connectivity index (χ0) is 19.9. The molecule has 2 aromatic carbocycles. The van der Waals surface area contributed by atoms with Crippen LogP contribution in [0, 0.1) is 0 Å². The van der Waals surface area contributed by atoms with Gasteiger partial charge in [-0.2, -0.15) is 4.36 Å². The summed E-state index contributed by atoms with van der Waals surface area (Å²) in [7, 11) is -4.01. The van der Waals surface area contributed by atoms with Crippen molar-refractivity contribution < 1.29 is 18.7 Å². The first-order chi connectivity index (χ1) is 13.3. The second kappa shape index (κ2) is 6.82. The molecule has 0 bridgehead atoms. The van der Waals surface area contributed by atoms with E-state index in [-0.39, 0.29) is 10.8 Å². The molecule has 8 nitrogen and oxygen atoms in total. The van der Waals surface area contributed by atoms with E-state index in [4.69, 9.17) is 0 Å². The molecule has 0 aliphatic heterocycles. The van der Waals surface area contributed by atoms with E-state index in [1.807, 2.05) is 12.1 Å². The summed E-state index contributed by atoms with van der Waals surface area (Å²) in [6.07, 6.45) is 1.51. The fourth-order valence-corrected chi connectivity index (χ4v) is 4.58. The SMILES string of the molecule is CC(=O)N=S(=O)([O-])c1ccc(N=Cc2c(O)[nH]c3ccc4ncsc4c23)cc1. The molecular formula is C18H13N4O4S2-. The number of hydrogen-bond acceptors (Lipinski definition) is 7. The largest absolute Gasteiger partial charge is 0.760 e. The van der Waals surface area contributed by atoms with E-state index in [0.29, 0.717) is 11.3 Å². The Hall–Kier alpha value is -3.08. The number of carbonyl (C=O) groups excluding carboxylic acids is 1. The molecule has 4 aromatic rings. The van der Waals surface area contributed by atoms with E-state index in [9.17, 15) is 18.7 Å². The van der Waals surface area contributed by atoms with Gasteiger partial charge in [0.15, 0.2) is 5.88 Å². The fraction of sp³-hybridized carbons (Fsp3) is 0.0556. The third-order valence-corrected chi connectivity index (χ3v) is 6.23. The molecule has 0 saturated carbocycles. The lowest BCUT2D eigenvalue weighted by atomic mass is 10.1. The van der Waals surface area contributed by atoms with Crippen molar-refractivity contribution in [2.75, 3.05) is 0 Å². The normalized spacial score (nSPS) is 13.9. The highest BCUT2D eigenvalue weighted by molar-refractivity contribution is 7.88. The zero-order valence-corrected chi connectivity index (χ0v) is 16.1. The van der Waals surface area contributed by atoms with Crippen LogP contribution in [0.15, 0.2) is 56.2 Å². The number of fused-ring (bicyclic) bond motifs is 3. The summed E-state index contributed by atoms with van der Waals surface area (Å²) in [5, 5.41) is 11.1. The first kappa shape index (κ1) is 18.3. The first-order valence-electron chi connectivity index (χ1n) is 8.05. The first-order valence-corrected chi connectivity index (χ1v) is 10.4. The van der Waals surface area contributed by atoms with Gasteiger partial charge in [0, 0.05) is 33.4 Å². The van der Waals surface area contributed by atoms with Crippen molar-refractivity contribution in [1.82, 2.24) is 9.97 Å². The molecule has 28 heavy (non-hydrogen) atoms. The summed E-state index contributed by atoms with van der Waals surface area (Å²) < 4.78 is 27.9. The van der Waals surface area contributed by atoms with Gasteiger partial charge in [-0.05, 0) is 36.4 Å². The quantitative estimate of drug-likeness (QED) is 0.494. The van der Waals surface area contributed by atoms with Gasteiger partial charge in [-0.25, -0.2) is 4.98 Å². The van der Waals surface area contributed by atoms with Crippen molar-refractivity contribution >= 4 is 60.3 Å². The van der Waals surface area contributed by atoms with Crippen LogP contribution in [-0.2, 0) is 14.8 Å². The molecule has 4 rings (SSSR count). The van der Waals surface area contributed by atoms with Crippen molar-refractivity contribution in [3.8, 4) is 5.88 Å². The molecule has 0 saturated heterocycles. The molecule has 2 N–H and O–H groups in total. The molecule has 1 amide bonds. The molecule has 0 radical (unpaired) electrons. The number of hydrogen-bond donors (Lipinski definition) is 2. The second-order valence-corrected chi connectivity index (χ2v) is 8.37. The molecule has 0 spiro atoms. The molecular weight excluding hydrogens is 400 g/mol. The Balaban J connectivity index is 1.72. The van der Waals surface area contributed by atoms with E-state index in [1.165, 1.54) is 41.8 Å². The molecule has 2 heterocycles. The third-order valence-electron chi connectivity index (χ3n) is 4.00. The van der Waals surface area contributed by atoms with Crippen molar-refractivity contribution in [1.29, 1.82) is 0 Å². The minimum Gasteiger partial charge on any atom is -0.760 e. The van der Waals surface area contributed by atoms with Gasteiger partial charge in [0.05, 0.1) is 32.5 Å². The van der Waals surface area contributed by atoms with Crippen LogP contribution >= 0.6 is 11.3 Å². The van der Waals surface area contributed by atoms with Gasteiger partial charge in [0.1, 0.15) is 0 Å². The number of thiazole rings is 1. The van der Waals surface area contributed by atoms with Gasteiger partial charge in [0.2, 0.25) is 5.91 Å². The molecule has 1 atom stereocenters. The average Bonchev–Trinajstić information content (AvgIpc) is 3.22. The van der Waals surface area contributed by atoms with E-state index in [1.54, 1.807) is 5.51 Å². The fourth-order valence-electron chi connectivity index (χ4n) is 2.80. The lowest BCUT2D eigenvalue weighted by molar-refractivity contribution is -0.115. The molecule has 2 aromatic heterocycles. The number of aliphatic imine (C=N–C) groups is 1. The lowest BCUT2D eigenvalue weighted by Gasteiger charge is -2.12. The van der Waals surface area contributed by atoms with Gasteiger partial charge >= 0.3 is 0 Å². The smallest absolute Gasteiger partial charge is 0.250 e. The number of aromatic amines is 1. The van der Waals surface area contributed by atoms with Gasteiger partial charge in [-0.3, -0.25) is 14.0 Å². The second-order valence-electron chi connectivity index (χ2n) is 5.91. The number of rotatable bonds is 3. The maximum absolute atomic E-state index is 11.9. The Labute approximate surface area is 163 Å². The summed E-state index contributed by atoms with van der Waals surface area (Å²) in [6.45, 7) is 1.07. The summed E-state index contributed by atoms with van der Waals surface area (Å²) in [5.74, 6) is -0.801. The molecule has 10 heteroatoms. The van der Waals surface area contributed by atoms with Crippen molar-refractivity contribution in [3.05, 3.63) is 47.5 Å². The number of nitrogens with one attached hydrogen (secondary N) is 1. The maximum atomic E-state index is 11.9. The predicted molar refractivity (Wildman–Crippen MR) is 107 cm³/mol. The van der Waals surface area contributed by atoms with Crippen molar-refractivity contribution in [3.63, 3.8) is 0 Å². The number of nitrogens with zero attached hydrogens (tertiary/aromatic N) is 3. The highest BCUT2D eigenvalue weighted by Gasteiger charge is 2.13. The Morgan fingerprint density at radius 3 is 2.75 bits per heavy atom. The maximum Gasteiger partial charge on any atom is 0.250 e. The minimum absolute atomic E-state index is 0.0147. The van der Waals surface area contributed by atoms with E-state index in [2.05, 4.69) is 19.3 Å². The van der Waals surface area contributed by atoms with Gasteiger partial charge in [0.25, 0.3) is 0 Å². The summed E-state index contributed by atoms with van der Waals surface area (Å²) in [6, 6.07) is 9.35. The van der Waals surface area contributed by atoms with Crippen LogP contribution in [0.5, 0.6) is 5.88 Å². The number of benzene rings is 2. The zero-order valence-electron chi connectivity index (χ0n) is 14.4. The van der Waals surface area contributed by atoms with E-state index in [0.717, 1.165) is 28.0 Å². The Kier molecular flexibility index (Phi) is 4.46. The molecule has 142 valence electrons. The topological polar surface area (TPSA) is 131 Å². The summed E-state index contributed by atoms with van der Waals surface area (Å²) in [4.78, 5) is 22.4. The molecule has 0 aliphatic carbocycles.